The highest BCUT2D eigenvalue weighted by molar-refractivity contribution is 5.93. The van der Waals surface area contributed by atoms with Gasteiger partial charge in [-0.2, -0.15) is 0 Å². The van der Waals surface area contributed by atoms with E-state index < -0.39 is 0 Å². The maximum Gasteiger partial charge on any atom is 0.0774 e. The minimum absolute atomic E-state index is 0.226. The second-order valence-electron chi connectivity index (χ2n) is 6.00. The van der Waals surface area contributed by atoms with Gasteiger partial charge in [0.25, 0.3) is 0 Å². The molecule has 3 nitrogen and oxygen atoms in total. The summed E-state index contributed by atoms with van der Waals surface area (Å²) >= 11 is 0. The van der Waals surface area contributed by atoms with Crippen LogP contribution in [-0.2, 0) is 6.54 Å². The third kappa shape index (κ3) is 3.28. The molecular formula is C17H24N2O. The zero-order chi connectivity index (χ0) is 14.6. The molecule has 1 aliphatic rings. The van der Waals surface area contributed by atoms with E-state index in [-0.39, 0.29) is 5.54 Å². The summed E-state index contributed by atoms with van der Waals surface area (Å²) in [6, 6.07) is 10.3. The largest absolute Gasteiger partial charge is 0.411 e. The van der Waals surface area contributed by atoms with Crippen molar-refractivity contribution >= 4 is 5.71 Å². The van der Waals surface area contributed by atoms with Gasteiger partial charge in [0.15, 0.2) is 0 Å². The summed E-state index contributed by atoms with van der Waals surface area (Å²) in [6.07, 6.45) is 2.85. The number of allylic oxidation sites excluding steroid dienone is 1. The van der Waals surface area contributed by atoms with Crippen LogP contribution in [-0.4, -0.2) is 16.5 Å². The normalized spacial score (nSPS) is 28.5. The smallest absolute Gasteiger partial charge is 0.0774 e. The van der Waals surface area contributed by atoms with E-state index in [4.69, 9.17) is 0 Å². The predicted molar refractivity (Wildman–Crippen MR) is 83.1 cm³/mol. The molecule has 0 spiro atoms. The van der Waals surface area contributed by atoms with Crippen molar-refractivity contribution in [2.45, 2.75) is 45.2 Å². The Hall–Kier alpha value is -1.61. The fourth-order valence-corrected chi connectivity index (χ4v) is 2.82. The molecule has 0 bridgehead atoms. The molecule has 2 rings (SSSR count). The Morgan fingerprint density at radius 1 is 1.45 bits per heavy atom. The van der Waals surface area contributed by atoms with Gasteiger partial charge in [-0.25, -0.2) is 0 Å². The lowest BCUT2D eigenvalue weighted by molar-refractivity contribution is 0.287. The van der Waals surface area contributed by atoms with Crippen LogP contribution in [0.4, 0.5) is 0 Å². The molecule has 20 heavy (non-hydrogen) atoms. The van der Waals surface area contributed by atoms with Crippen LogP contribution in [0.25, 0.3) is 0 Å². The first-order chi connectivity index (χ1) is 9.55. The van der Waals surface area contributed by atoms with Gasteiger partial charge in [-0.05, 0) is 44.6 Å². The Morgan fingerprint density at radius 2 is 2.15 bits per heavy atom. The van der Waals surface area contributed by atoms with Gasteiger partial charge in [0.1, 0.15) is 0 Å². The molecule has 2 N–H and O–H groups in total. The Kier molecular flexibility index (Phi) is 4.61. The molecule has 108 valence electrons. The van der Waals surface area contributed by atoms with Crippen molar-refractivity contribution in [3.8, 4) is 0 Å². The molecule has 0 aromatic heterocycles. The molecular weight excluding hydrogens is 248 g/mol. The predicted octanol–water partition coefficient (Wildman–Crippen LogP) is 3.74. The highest BCUT2D eigenvalue weighted by Crippen LogP contribution is 2.33. The van der Waals surface area contributed by atoms with Gasteiger partial charge in [-0.15, -0.1) is 0 Å². The number of hydrogen-bond donors (Lipinski definition) is 2. The highest BCUT2D eigenvalue weighted by Gasteiger charge is 2.37. The minimum Gasteiger partial charge on any atom is -0.411 e. The molecule has 0 heterocycles. The van der Waals surface area contributed by atoms with E-state index in [9.17, 15) is 5.21 Å². The molecule has 3 heteroatoms. The molecule has 1 aliphatic carbocycles. The summed E-state index contributed by atoms with van der Waals surface area (Å²) in [7, 11) is 0. The van der Waals surface area contributed by atoms with Crippen LogP contribution < -0.4 is 5.32 Å². The Balaban J connectivity index is 2.04. The molecule has 0 amide bonds. The molecule has 1 aromatic rings. The average Bonchev–Trinajstić information content (AvgIpc) is 2.46. The first-order valence-electron chi connectivity index (χ1n) is 7.21. The van der Waals surface area contributed by atoms with Crippen molar-refractivity contribution in [2.75, 3.05) is 0 Å². The Morgan fingerprint density at radius 3 is 2.75 bits per heavy atom. The zero-order valence-electron chi connectivity index (χ0n) is 12.4. The van der Waals surface area contributed by atoms with Gasteiger partial charge in [0.2, 0.25) is 0 Å². The van der Waals surface area contributed by atoms with Crippen molar-refractivity contribution < 1.29 is 5.21 Å². The van der Waals surface area contributed by atoms with Gasteiger partial charge in [0, 0.05) is 6.54 Å². The van der Waals surface area contributed by atoms with Gasteiger partial charge >= 0.3 is 0 Å². The van der Waals surface area contributed by atoms with Crippen LogP contribution in [0.3, 0.4) is 0 Å². The molecule has 1 fully saturated rings. The second-order valence-corrected chi connectivity index (χ2v) is 6.00. The monoisotopic (exact) mass is 272 g/mol. The van der Waals surface area contributed by atoms with Gasteiger partial charge in [0.05, 0.1) is 11.3 Å². The van der Waals surface area contributed by atoms with E-state index in [0.29, 0.717) is 5.92 Å². The van der Waals surface area contributed by atoms with E-state index in [0.717, 1.165) is 31.5 Å². The van der Waals surface area contributed by atoms with Crippen LogP contribution in [0.2, 0.25) is 0 Å². The number of benzene rings is 1. The quantitative estimate of drug-likeness (QED) is 0.498. The molecule has 0 aliphatic heterocycles. The fourth-order valence-electron chi connectivity index (χ4n) is 2.82. The van der Waals surface area contributed by atoms with E-state index in [1.165, 1.54) is 11.1 Å². The lowest BCUT2D eigenvalue weighted by atomic mass is 9.74. The lowest BCUT2D eigenvalue weighted by Crippen LogP contribution is -2.52. The molecule has 0 saturated heterocycles. The van der Waals surface area contributed by atoms with E-state index in [2.05, 4.69) is 43.0 Å². The second kappa shape index (κ2) is 6.23. The van der Waals surface area contributed by atoms with Crippen molar-refractivity contribution in [1.29, 1.82) is 0 Å². The number of rotatable bonds is 4. The Labute approximate surface area is 121 Å². The van der Waals surface area contributed by atoms with Crippen LogP contribution in [0.5, 0.6) is 0 Å². The first-order valence-corrected chi connectivity index (χ1v) is 7.21. The van der Waals surface area contributed by atoms with Crippen molar-refractivity contribution in [3.05, 3.63) is 48.0 Å². The van der Waals surface area contributed by atoms with Gasteiger partial charge in [-0.3, -0.25) is 0 Å². The van der Waals surface area contributed by atoms with Crippen LogP contribution in [0.1, 0.15) is 38.7 Å². The first kappa shape index (κ1) is 14.8. The summed E-state index contributed by atoms with van der Waals surface area (Å²) < 4.78 is 0. The minimum atomic E-state index is -0.226. The SMILES string of the molecule is C=C(C)[C@H]1CC[C@@](C)(NCc2ccccc2)/C(=N\O)C1. The standard InChI is InChI=1S/C17H24N2O/c1-13(2)15-9-10-17(3,16(11-15)19-20)18-12-14-7-5-4-6-8-14/h4-8,15,18,20H,1,9-12H2,2-3H3/b19-16-/t15-,17+/m0/s1. The van der Waals surface area contributed by atoms with Crippen molar-refractivity contribution in [3.63, 3.8) is 0 Å². The van der Waals surface area contributed by atoms with Gasteiger partial charge < -0.3 is 10.5 Å². The number of hydrogen-bond acceptors (Lipinski definition) is 3. The van der Waals surface area contributed by atoms with E-state index in [1.807, 2.05) is 18.2 Å². The summed E-state index contributed by atoms with van der Waals surface area (Å²) in [5, 5.41) is 16.5. The Bertz CT molecular complexity index is 495. The molecule has 2 atom stereocenters. The number of nitrogens with zero attached hydrogens (tertiary/aromatic N) is 1. The molecule has 1 saturated carbocycles. The topological polar surface area (TPSA) is 44.6 Å². The molecule has 0 unspecified atom stereocenters. The maximum absolute atomic E-state index is 9.34. The van der Waals surface area contributed by atoms with Crippen LogP contribution in [0.15, 0.2) is 47.6 Å². The third-order valence-electron chi connectivity index (χ3n) is 4.41. The highest BCUT2D eigenvalue weighted by atomic mass is 16.4. The third-order valence-corrected chi connectivity index (χ3v) is 4.41. The zero-order valence-corrected chi connectivity index (χ0v) is 12.4. The summed E-state index contributed by atoms with van der Waals surface area (Å²) in [4.78, 5) is 0. The summed E-state index contributed by atoms with van der Waals surface area (Å²) in [5.74, 6) is 0.438. The number of nitrogens with one attached hydrogen (secondary N) is 1. The summed E-state index contributed by atoms with van der Waals surface area (Å²) in [5.41, 5.74) is 3.04. The van der Waals surface area contributed by atoms with Crippen molar-refractivity contribution in [1.82, 2.24) is 5.32 Å². The van der Waals surface area contributed by atoms with Gasteiger partial charge in [-0.1, -0.05) is 47.6 Å². The number of oxime groups is 1. The lowest BCUT2D eigenvalue weighted by Gasteiger charge is -2.39. The fraction of sp³-hybridized carbons (Fsp3) is 0.471. The molecule has 1 aromatic carbocycles. The maximum atomic E-state index is 9.34. The molecule has 0 radical (unpaired) electrons. The van der Waals surface area contributed by atoms with Crippen molar-refractivity contribution in [2.24, 2.45) is 11.1 Å². The van der Waals surface area contributed by atoms with E-state index in [1.54, 1.807) is 0 Å². The van der Waals surface area contributed by atoms with E-state index >= 15 is 0 Å². The summed E-state index contributed by atoms with van der Waals surface area (Å²) in [6.45, 7) is 9.00. The van der Waals surface area contributed by atoms with Crippen LogP contribution >= 0.6 is 0 Å². The average molecular weight is 272 g/mol. The van der Waals surface area contributed by atoms with Crippen LogP contribution in [0, 0.1) is 5.92 Å².